The van der Waals surface area contributed by atoms with E-state index in [1.54, 1.807) is 13.1 Å². The maximum absolute atomic E-state index is 11.3. The number of hydrazone groups is 1. The third-order valence-corrected chi connectivity index (χ3v) is 3.62. The molecule has 1 aromatic carbocycles. The van der Waals surface area contributed by atoms with Gasteiger partial charge in [0.2, 0.25) is 5.95 Å². The molecule has 0 saturated carbocycles. The molecule has 3 rings (SSSR count). The Labute approximate surface area is 128 Å². The lowest BCUT2D eigenvalue weighted by molar-refractivity contribution is 0.949. The van der Waals surface area contributed by atoms with E-state index in [0.717, 1.165) is 18.7 Å². The van der Waals surface area contributed by atoms with Crippen LogP contribution in [-0.2, 0) is 0 Å². The molecule has 0 amide bonds. The number of nitrogens with one attached hydrogen (secondary N) is 2. The van der Waals surface area contributed by atoms with E-state index in [4.69, 9.17) is 0 Å². The van der Waals surface area contributed by atoms with E-state index in [2.05, 4.69) is 37.5 Å². The molecule has 6 heteroatoms. The number of aromatic amines is 1. The molecule has 0 radical (unpaired) electrons. The summed E-state index contributed by atoms with van der Waals surface area (Å²) in [5, 5.41) is 4.10. The second kappa shape index (κ2) is 6.43. The Hall–Kier alpha value is -2.63. The van der Waals surface area contributed by atoms with Crippen molar-refractivity contribution in [3.63, 3.8) is 0 Å². The van der Waals surface area contributed by atoms with Gasteiger partial charge in [0.15, 0.2) is 0 Å². The fraction of sp³-hybridized carbons (Fsp3) is 0.312. The second-order valence-corrected chi connectivity index (χ2v) is 5.39. The zero-order chi connectivity index (χ0) is 15.4. The molecule has 22 heavy (non-hydrogen) atoms. The zero-order valence-corrected chi connectivity index (χ0v) is 12.5. The fourth-order valence-electron chi connectivity index (χ4n) is 2.55. The number of nitrogens with zero attached hydrogens (tertiary/aromatic N) is 3. The summed E-state index contributed by atoms with van der Waals surface area (Å²) in [6.45, 7) is 4.05. The summed E-state index contributed by atoms with van der Waals surface area (Å²) in [7, 11) is 0. The highest BCUT2D eigenvalue weighted by Gasteiger charge is 2.11. The van der Waals surface area contributed by atoms with Gasteiger partial charge < -0.3 is 4.90 Å². The van der Waals surface area contributed by atoms with Gasteiger partial charge in [-0.3, -0.25) is 9.78 Å². The van der Waals surface area contributed by atoms with Crippen molar-refractivity contribution >= 4 is 17.9 Å². The quantitative estimate of drug-likeness (QED) is 0.670. The van der Waals surface area contributed by atoms with E-state index in [1.807, 2.05) is 12.1 Å². The van der Waals surface area contributed by atoms with Crippen LogP contribution in [-0.4, -0.2) is 29.3 Å². The fourth-order valence-corrected chi connectivity index (χ4v) is 2.55. The third kappa shape index (κ3) is 3.52. The first-order chi connectivity index (χ1) is 10.7. The summed E-state index contributed by atoms with van der Waals surface area (Å²) in [6.07, 6.45) is 4.25. The van der Waals surface area contributed by atoms with Gasteiger partial charge in [0.1, 0.15) is 0 Å². The van der Waals surface area contributed by atoms with E-state index in [-0.39, 0.29) is 5.56 Å². The van der Waals surface area contributed by atoms with Gasteiger partial charge in [-0.1, -0.05) is 12.1 Å². The molecule has 1 aromatic heterocycles. The van der Waals surface area contributed by atoms with Crippen LogP contribution in [0.2, 0.25) is 0 Å². The first-order valence-electron chi connectivity index (χ1n) is 7.43. The summed E-state index contributed by atoms with van der Waals surface area (Å²) in [5.41, 5.74) is 5.44. The van der Waals surface area contributed by atoms with Crippen molar-refractivity contribution in [2.24, 2.45) is 5.10 Å². The van der Waals surface area contributed by atoms with Gasteiger partial charge in [-0.2, -0.15) is 5.10 Å². The molecule has 1 aliphatic heterocycles. The molecule has 6 nitrogen and oxygen atoms in total. The largest absolute Gasteiger partial charge is 0.372 e. The first-order valence-corrected chi connectivity index (χ1v) is 7.43. The molecular weight excluding hydrogens is 278 g/mol. The van der Waals surface area contributed by atoms with Crippen molar-refractivity contribution in [3.05, 3.63) is 51.9 Å². The van der Waals surface area contributed by atoms with Crippen molar-refractivity contribution in [1.29, 1.82) is 0 Å². The first kappa shape index (κ1) is 14.3. The van der Waals surface area contributed by atoms with Crippen LogP contribution >= 0.6 is 0 Å². The minimum Gasteiger partial charge on any atom is -0.372 e. The van der Waals surface area contributed by atoms with Gasteiger partial charge >= 0.3 is 0 Å². The molecule has 2 heterocycles. The number of aryl methyl sites for hydroxylation is 1. The van der Waals surface area contributed by atoms with E-state index < -0.39 is 0 Å². The minimum atomic E-state index is -0.194. The standard InChI is InChI=1S/C16H19N5O/c1-12-10-15(22)19-16(18-12)20-17-11-13-4-6-14(7-5-13)21-8-2-3-9-21/h4-7,10-11H,2-3,8-9H2,1H3,(H2,18,19,20,22). The Bertz CT molecular complexity index is 714. The normalized spacial score (nSPS) is 14.7. The molecule has 0 atom stereocenters. The number of rotatable bonds is 4. The summed E-state index contributed by atoms with van der Waals surface area (Å²) < 4.78 is 0. The van der Waals surface area contributed by atoms with Crippen LogP contribution in [0.3, 0.4) is 0 Å². The molecular formula is C16H19N5O. The van der Waals surface area contributed by atoms with Gasteiger partial charge in [0.05, 0.1) is 6.21 Å². The molecule has 1 saturated heterocycles. The van der Waals surface area contributed by atoms with Crippen molar-refractivity contribution < 1.29 is 0 Å². The van der Waals surface area contributed by atoms with Crippen molar-refractivity contribution in [1.82, 2.24) is 9.97 Å². The molecule has 1 fully saturated rings. The van der Waals surface area contributed by atoms with E-state index in [0.29, 0.717) is 11.6 Å². The smallest absolute Gasteiger partial charge is 0.252 e. The monoisotopic (exact) mass is 297 g/mol. The number of hydrogen-bond acceptors (Lipinski definition) is 5. The Morgan fingerprint density at radius 1 is 1.27 bits per heavy atom. The van der Waals surface area contributed by atoms with Gasteiger partial charge in [-0.15, -0.1) is 0 Å². The summed E-state index contributed by atoms with van der Waals surface area (Å²) in [6, 6.07) is 9.72. The molecule has 2 aromatic rings. The van der Waals surface area contributed by atoms with E-state index in [1.165, 1.54) is 24.6 Å². The maximum Gasteiger partial charge on any atom is 0.252 e. The molecule has 0 unspecified atom stereocenters. The molecule has 1 aliphatic rings. The Kier molecular flexibility index (Phi) is 4.18. The lowest BCUT2D eigenvalue weighted by atomic mass is 10.2. The molecule has 0 spiro atoms. The average Bonchev–Trinajstić information content (AvgIpc) is 3.01. The zero-order valence-electron chi connectivity index (χ0n) is 12.5. The predicted molar refractivity (Wildman–Crippen MR) is 88.7 cm³/mol. The van der Waals surface area contributed by atoms with Gasteiger partial charge in [-0.05, 0) is 37.5 Å². The molecule has 2 N–H and O–H groups in total. The average molecular weight is 297 g/mol. The van der Waals surface area contributed by atoms with E-state index in [9.17, 15) is 4.79 Å². The van der Waals surface area contributed by atoms with Crippen LogP contribution in [0.15, 0.2) is 40.2 Å². The van der Waals surface area contributed by atoms with Gasteiger partial charge in [0, 0.05) is 30.5 Å². The topological polar surface area (TPSA) is 73.4 Å². The highest BCUT2D eigenvalue weighted by molar-refractivity contribution is 5.80. The summed E-state index contributed by atoms with van der Waals surface area (Å²) in [5.74, 6) is 0.343. The number of H-pyrrole nitrogens is 1. The number of benzene rings is 1. The van der Waals surface area contributed by atoms with Crippen LogP contribution in [0.4, 0.5) is 11.6 Å². The molecule has 114 valence electrons. The van der Waals surface area contributed by atoms with Crippen molar-refractivity contribution in [2.45, 2.75) is 19.8 Å². The Morgan fingerprint density at radius 2 is 2.00 bits per heavy atom. The van der Waals surface area contributed by atoms with Crippen LogP contribution in [0.1, 0.15) is 24.1 Å². The van der Waals surface area contributed by atoms with Crippen LogP contribution < -0.4 is 15.9 Å². The summed E-state index contributed by atoms with van der Waals surface area (Å²) in [4.78, 5) is 20.4. The van der Waals surface area contributed by atoms with Crippen molar-refractivity contribution in [3.8, 4) is 0 Å². The van der Waals surface area contributed by atoms with Crippen LogP contribution in [0.25, 0.3) is 0 Å². The number of aromatic nitrogens is 2. The van der Waals surface area contributed by atoms with Crippen LogP contribution in [0, 0.1) is 6.92 Å². The Morgan fingerprint density at radius 3 is 2.68 bits per heavy atom. The van der Waals surface area contributed by atoms with Gasteiger partial charge in [0.25, 0.3) is 5.56 Å². The van der Waals surface area contributed by atoms with Crippen molar-refractivity contribution in [2.75, 3.05) is 23.4 Å². The number of anilines is 2. The lowest BCUT2D eigenvalue weighted by Gasteiger charge is -2.17. The predicted octanol–water partition coefficient (Wildman–Crippen LogP) is 2.12. The highest BCUT2D eigenvalue weighted by Crippen LogP contribution is 2.19. The number of hydrogen-bond donors (Lipinski definition) is 2. The van der Waals surface area contributed by atoms with Crippen LogP contribution in [0.5, 0.6) is 0 Å². The minimum absolute atomic E-state index is 0.194. The molecule has 0 bridgehead atoms. The maximum atomic E-state index is 11.3. The second-order valence-electron chi connectivity index (χ2n) is 5.39. The van der Waals surface area contributed by atoms with Gasteiger partial charge in [-0.25, -0.2) is 10.4 Å². The highest BCUT2D eigenvalue weighted by atomic mass is 16.1. The van der Waals surface area contributed by atoms with E-state index >= 15 is 0 Å². The third-order valence-electron chi connectivity index (χ3n) is 3.62. The Balaban J connectivity index is 1.63. The SMILES string of the molecule is Cc1cc(=O)[nH]c(NN=Cc2ccc(N3CCCC3)cc2)n1. The lowest BCUT2D eigenvalue weighted by Crippen LogP contribution is -2.17. The summed E-state index contributed by atoms with van der Waals surface area (Å²) >= 11 is 0. The molecule has 0 aliphatic carbocycles.